The van der Waals surface area contributed by atoms with E-state index in [4.69, 9.17) is 0 Å². The van der Waals surface area contributed by atoms with Crippen LogP contribution < -0.4 is 0 Å². The molecule has 1 aliphatic heterocycles. The summed E-state index contributed by atoms with van der Waals surface area (Å²) in [6.07, 6.45) is 0. The van der Waals surface area contributed by atoms with Gasteiger partial charge >= 0.3 is 0 Å². The molecule has 14 heavy (non-hydrogen) atoms. The molecule has 1 aromatic rings. The highest BCUT2D eigenvalue weighted by Gasteiger charge is 2.37. The van der Waals surface area contributed by atoms with E-state index in [1.54, 1.807) is 19.2 Å². The Morgan fingerprint density at radius 2 is 2.07 bits per heavy atom. The quantitative estimate of drug-likeness (QED) is 0.728. The molecule has 0 bridgehead atoms. The van der Waals surface area contributed by atoms with Gasteiger partial charge < -0.3 is 0 Å². The predicted molar refractivity (Wildman–Crippen MR) is 57.5 cm³/mol. The van der Waals surface area contributed by atoms with Gasteiger partial charge in [0, 0.05) is 17.6 Å². The van der Waals surface area contributed by atoms with E-state index in [-0.39, 0.29) is 6.04 Å². The maximum atomic E-state index is 11.8. The van der Waals surface area contributed by atoms with E-state index >= 15 is 0 Å². The highest BCUT2D eigenvalue weighted by molar-refractivity contribution is 9.10. The topological polar surface area (TPSA) is 37.4 Å². The van der Waals surface area contributed by atoms with Crippen LogP contribution >= 0.6 is 15.9 Å². The van der Waals surface area contributed by atoms with Crippen LogP contribution in [-0.4, -0.2) is 19.8 Å². The summed E-state index contributed by atoms with van der Waals surface area (Å²) >= 11 is 3.34. The normalized spacial score (nSPS) is 24.9. The van der Waals surface area contributed by atoms with E-state index in [9.17, 15) is 8.42 Å². The Bertz CT molecular complexity index is 484. The van der Waals surface area contributed by atoms with E-state index < -0.39 is 10.0 Å². The lowest BCUT2D eigenvalue weighted by Gasteiger charge is -2.12. The van der Waals surface area contributed by atoms with Gasteiger partial charge in [0.25, 0.3) is 0 Å². The number of fused-ring (bicyclic) bond motifs is 1. The molecule has 1 aromatic carbocycles. The Labute approximate surface area is 91.9 Å². The molecule has 0 spiro atoms. The van der Waals surface area contributed by atoms with Crippen molar-refractivity contribution in [3.05, 3.63) is 28.2 Å². The summed E-state index contributed by atoms with van der Waals surface area (Å²) in [6, 6.07) is 5.19. The first kappa shape index (κ1) is 10.1. The predicted octanol–water partition coefficient (Wildman–Crippen LogP) is 2.14. The van der Waals surface area contributed by atoms with E-state index in [1.807, 2.05) is 13.0 Å². The number of rotatable bonds is 0. The van der Waals surface area contributed by atoms with Crippen LogP contribution in [0.5, 0.6) is 0 Å². The van der Waals surface area contributed by atoms with Crippen LogP contribution in [-0.2, 0) is 10.0 Å². The molecule has 0 saturated carbocycles. The molecule has 1 heterocycles. The minimum atomic E-state index is -3.24. The first-order valence-corrected chi connectivity index (χ1v) is 6.45. The Morgan fingerprint density at radius 3 is 2.71 bits per heavy atom. The third kappa shape index (κ3) is 1.23. The zero-order valence-electron chi connectivity index (χ0n) is 7.86. The van der Waals surface area contributed by atoms with Crippen LogP contribution in [0.3, 0.4) is 0 Å². The number of hydrogen-bond donors (Lipinski definition) is 0. The smallest absolute Gasteiger partial charge is 0.207 e. The van der Waals surface area contributed by atoms with Crippen molar-refractivity contribution in [1.29, 1.82) is 0 Å². The summed E-state index contributed by atoms with van der Waals surface area (Å²) in [6.45, 7) is 1.88. The van der Waals surface area contributed by atoms with Crippen molar-refractivity contribution in [3.63, 3.8) is 0 Å². The van der Waals surface area contributed by atoms with Crippen molar-refractivity contribution in [2.75, 3.05) is 7.05 Å². The lowest BCUT2D eigenvalue weighted by atomic mass is 10.1. The minimum absolute atomic E-state index is 0.0764. The van der Waals surface area contributed by atoms with Gasteiger partial charge in [-0.3, -0.25) is 0 Å². The Kier molecular flexibility index (Phi) is 2.21. The minimum Gasteiger partial charge on any atom is -0.207 e. The molecule has 1 atom stereocenters. The molecule has 1 aliphatic rings. The van der Waals surface area contributed by atoms with Crippen molar-refractivity contribution < 1.29 is 8.42 Å². The standard InChI is InChI=1S/C9H10BrNO2S/c1-6-8-5-7(10)3-4-9(8)14(12,13)11(6)2/h3-6H,1-2H3/t6-/m1/s1. The lowest BCUT2D eigenvalue weighted by molar-refractivity contribution is 0.420. The summed E-state index contributed by atoms with van der Waals surface area (Å²) in [4.78, 5) is 0.427. The van der Waals surface area contributed by atoms with Crippen LogP contribution in [0.15, 0.2) is 27.6 Å². The number of nitrogens with zero attached hydrogens (tertiary/aromatic N) is 1. The van der Waals surface area contributed by atoms with Gasteiger partial charge in [-0.25, -0.2) is 8.42 Å². The van der Waals surface area contributed by atoms with Gasteiger partial charge in [-0.15, -0.1) is 0 Å². The monoisotopic (exact) mass is 275 g/mol. The first-order chi connectivity index (χ1) is 6.44. The van der Waals surface area contributed by atoms with Gasteiger partial charge in [0.05, 0.1) is 4.90 Å². The van der Waals surface area contributed by atoms with E-state index in [0.717, 1.165) is 10.0 Å². The molecular formula is C9H10BrNO2S. The second kappa shape index (κ2) is 3.05. The first-order valence-electron chi connectivity index (χ1n) is 4.22. The summed E-state index contributed by atoms with van der Waals surface area (Å²) in [7, 11) is -1.63. The molecule has 3 nitrogen and oxygen atoms in total. The fourth-order valence-corrected chi connectivity index (χ4v) is 3.63. The summed E-state index contributed by atoms with van der Waals surface area (Å²) < 4.78 is 25.9. The largest absolute Gasteiger partial charge is 0.243 e. The van der Waals surface area contributed by atoms with Crippen LogP contribution in [0.25, 0.3) is 0 Å². The highest BCUT2D eigenvalue weighted by atomic mass is 79.9. The summed E-state index contributed by atoms with van der Waals surface area (Å²) in [5, 5.41) is 0. The molecule has 5 heteroatoms. The van der Waals surface area contributed by atoms with Crippen LogP contribution in [0.1, 0.15) is 18.5 Å². The molecule has 0 aromatic heterocycles. The van der Waals surface area contributed by atoms with Crippen molar-refractivity contribution in [1.82, 2.24) is 4.31 Å². The maximum Gasteiger partial charge on any atom is 0.243 e. The third-order valence-corrected chi connectivity index (χ3v) is 5.12. The van der Waals surface area contributed by atoms with Crippen molar-refractivity contribution in [2.24, 2.45) is 0 Å². The van der Waals surface area contributed by atoms with Crippen molar-refractivity contribution in [2.45, 2.75) is 17.9 Å². The molecule has 0 N–H and O–H groups in total. The highest BCUT2D eigenvalue weighted by Crippen LogP contribution is 2.38. The zero-order chi connectivity index (χ0) is 10.5. The summed E-state index contributed by atoms with van der Waals surface area (Å²) in [5.74, 6) is 0. The van der Waals surface area contributed by atoms with E-state index in [2.05, 4.69) is 15.9 Å². The van der Waals surface area contributed by atoms with Crippen molar-refractivity contribution in [3.8, 4) is 0 Å². The molecular weight excluding hydrogens is 266 g/mol. The Balaban J connectivity index is 2.75. The third-order valence-electron chi connectivity index (χ3n) is 2.62. The number of halogens is 1. The van der Waals surface area contributed by atoms with Gasteiger partial charge in [-0.1, -0.05) is 15.9 Å². The van der Waals surface area contributed by atoms with Gasteiger partial charge in [0.1, 0.15) is 0 Å². The zero-order valence-corrected chi connectivity index (χ0v) is 10.3. The van der Waals surface area contributed by atoms with Crippen LogP contribution in [0.4, 0.5) is 0 Å². The summed E-state index contributed by atoms with van der Waals surface area (Å²) in [5.41, 5.74) is 0.863. The van der Waals surface area contributed by atoms with Crippen LogP contribution in [0.2, 0.25) is 0 Å². The van der Waals surface area contributed by atoms with E-state index in [1.165, 1.54) is 4.31 Å². The van der Waals surface area contributed by atoms with Crippen LogP contribution in [0, 0.1) is 0 Å². The van der Waals surface area contributed by atoms with Gasteiger partial charge in [0.2, 0.25) is 10.0 Å². The molecule has 0 unspecified atom stereocenters. The Morgan fingerprint density at radius 1 is 1.43 bits per heavy atom. The lowest BCUT2D eigenvalue weighted by Crippen LogP contribution is -2.21. The molecule has 2 rings (SSSR count). The maximum absolute atomic E-state index is 11.8. The molecule has 0 fully saturated rings. The van der Waals surface area contributed by atoms with E-state index in [0.29, 0.717) is 4.90 Å². The second-order valence-electron chi connectivity index (χ2n) is 3.38. The number of benzene rings is 1. The number of sulfonamides is 1. The SMILES string of the molecule is C[C@@H]1c2cc(Br)ccc2S(=O)(=O)N1C. The average Bonchev–Trinajstić information content (AvgIpc) is 2.28. The van der Waals surface area contributed by atoms with Gasteiger partial charge in [-0.2, -0.15) is 4.31 Å². The molecule has 76 valence electrons. The molecule has 0 amide bonds. The molecule has 0 saturated heterocycles. The fraction of sp³-hybridized carbons (Fsp3) is 0.333. The van der Waals surface area contributed by atoms with Crippen molar-refractivity contribution >= 4 is 26.0 Å². The second-order valence-corrected chi connectivity index (χ2v) is 6.26. The van der Waals surface area contributed by atoms with Gasteiger partial charge in [0.15, 0.2) is 0 Å². The molecule has 0 radical (unpaired) electrons. The molecule has 0 aliphatic carbocycles. The average molecular weight is 276 g/mol. The fourth-order valence-electron chi connectivity index (χ4n) is 1.64. The number of hydrogen-bond acceptors (Lipinski definition) is 2. The van der Waals surface area contributed by atoms with Gasteiger partial charge in [-0.05, 0) is 30.7 Å². The Hall–Kier alpha value is -0.390.